The molecule has 1 aliphatic carbocycles. The standard InChI is InChI=1S/C14H17ClN2O3S/c1-2-16-6-9(15)5-10(16)12(18)17-11(14(19)20)7-21-13(17)8-3-4-8/h5-6,8,11,13H,2-4,7H2,1H3,(H,19,20). The van der Waals surface area contributed by atoms with Gasteiger partial charge >= 0.3 is 5.97 Å². The van der Waals surface area contributed by atoms with Gasteiger partial charge in [-0.3, -0.25) is 4.79 Å². The number of carboxylic acid groups (broad SMARTS) is 1. The second-order valence-electron chi connectivity index (χ2n) is 5.46. The summed E-state index contributed by atoms with van der Waals surface area (Å²) in [5, 5.41) is 9.88. The third-order valence-electron chi connectivity index (χ3n) is 4.00. The van der Waals surface area contributed by atoms with Gasteiger partial charge in [-0.1, -0.05) is 11.6 Å². The minimum Gasteiger partial charge on any atom is -0.480 e. The van der Waals surface area contributed by atoms with Gasteiger partial charge in [-0.15, -0.1) is 11.8 Å². The number of hydrogen-bond donors (Lipinski definition) is 1. The number of halogens is 1. The van der Waals surface area contributed by atoms with E-state index in [1.807, 2.05) is 6.92 Å². The van der Waals surface area contributed by atoms with E-state index >= 15 is 0 Å². The van der Waals surface area contributed by atoms with Crippen molar-refractivity contribution in [2.75, 3.05) is 5.75 Å². The summed E-state index contributed by atoms with van der Waals surface area (Å²) in [6, 6.07) is 0.881. The number of carbonyl (C=O) groups excluding carboxylic acids is 1. The van der Waals surface area contributed by atoms with Crippen molar-refractivity contribution in [1.29, 1.82) is 0 Å². The molecule has 21 heavy (non-hydrogen) atoms. The molecule has 114 valence electrons. The first-order valence-electron chi connectivity index (χ1n) is 7.05. The smallest absolute Gasteiger partial charge is 0.327 e. The fourth-order valence-electron chi connectivity index (χ4n) is 2.77. The predicted octanol–water partition coefficient (Wildman–Crippen LogP) is 2.54. The lowest BCUT2D eigenvalue weighted by molar-refractivity contribution is -0.141. The molecule has 1 saturated carbocycles. The van der Waals surface area contributed by atoms with Crippen molar-refractivity contribution in [2.45, 2.75) is 37.7 Å². The van der Waals surface area contributed by atoms with Crippen LogP contribution in [0.5, 0.6) is 0 Å². The number of aryl methyl sites for hydroxylation is 1. The fraction of sp³-hybridized carbons (Fsp3) is 0.571. The summed E-state index contributed by atoms with van der Waals surface area (Å²) in [4.78, 5) is 25.9. The van der Waals surface area contributed by atoms with Crippen LogP contribution in [-0.4, -0.2) is 43.6 Å². The molecular weight excluding hydrogens is 312 g/mol. The topological polar surface area (TPSA) is 62.5 Å². The zero-order chi connectivity index (χ0) is 15.1. The molecule has 2 heterocycles. The number of carbonyl (C=O) groups is 2. The van der Waals surface area contributed by atoms with E-state index in [1.165, 1.54) is 0 Å². The third-order valence-corrected chi connectivity index (χ3v) is 5.67. The molecule has 1 aromatic heterocycles. The highest BCUT2D eigenvalue weighted by Crippen LogP contribution is 2.46. The number of amides is 1. The molecule has 0 radical (unpaired) electrons. The van der Waals surface area contributed by atoms with Gasteiger partial charge in [0.15, 0.2) is 0 Å². The van der Waals surface area contributed by atoms with Crippen molar-refractivity contribution in [1.82, 2.24) is 9.47 Å². The normalized spacial score (nSPS) is 25.3. The molecular formula is C14H17ClN2O3S. The lowest BCUT2D eigenvalue weighted by Crippen LogP contribution is -2.46. The number of aliphatic carboxylic acids is 1. The average Bonchev–Trinajstić information content (AvgIpc) is 3.07. The number of nitrogens with zero attached hydrogens (tertiary/aromatic N) is 2. The molecule has 1 amide bonds. The molecule has 0 spiro atoms. The summed E-state index contributed by atoms with van der Waals surface area (Å²) in [7, 11) is 0. The molecule has 2 aliphatic rings. The molecule has 2 atom stereocenters. The monoisotopic (exact) mass is 328 g/mol. The summed E-state index contributed by atoms with van der Waals surface area (Å²) >= 11 is 7.57. The van der Waals surface area contributed by atoms with E-state index < -0.39 is 12.0 Å². The molecule has 2 fully saturated rings. The Balaban J connectivity index is 1.93. The molecule has 1 saturated heterocycles. The summed E-state index contributed by atoms with van der Waals surface area (Å²) in [6.45, 7) is 2.56. The fourth-order valence-corrected chi connectivity index (χ4v) is 4.62. The molecule has 0 bridgehead atoms. The van der Waals surface area contributed by atoms with Crippen LogP contribution < -0.4 is 0 Å². The Kier molecular flexibility index (Phi) is 3.92. The van der Waals surface area contributed by atoms with E-state index in [1.54, 1.807) is 33.5 Å². The first-order chi connectivity index (χ1) is 10.0. The van der Waals surface area contributed by atoms with E-state index in [-0.39, 0.29) is 11.3 Å². The summed E-state index contributed by atoms with van der Waals surface area (Å²) in [5.74, 6) is -0.260. The number of aromatic nitrogens is 1. The van der Waals surface area contributed by atoms with E-state index in [2.05, 4.69) is 0 Å². The van der Waals surface area contributed by atoms with Crippen LogP contribution in [0.3, 0.4) is 0 Å². The van der Waals surface area contributed by atoms with Gasteiger partial charge in [-0.25, -0.2) is 4.79 Å². The number of thioether (sulfide) groups is 1. The zero-order valence-electron chi connectivity index (χ0n) is 11.7. The van der Waals surface area contributed by atoms with E-state index in [9.17, 15) is 14.7 Å². The lowest BCUT2D eigenvalue weighted by Gasteiger charge is -2.27. The maximum absolute atomic E-state index is 12.9. The quantitative estimate of drug-likeness (QED) is 0.922. The van der Waals surface area contributed by atoms with Crippen LogP contribution in [-0.2, 0) is 11.3 Å². The molecule has 3 rings (SSSR count). The van der Waals surface area contributed by atoms with Crippen LogP contribution >= 0.6 is 23.4 Å². The highest BCUT2D eigenvalue weighted by Gasteiger charge is 2.48. The highest BCUT2D eigenvalue weighted by molar-refractivity contribution is 8.00. The van der Waals surface area contributed by atoms with Gasteiger partial charge in [0.1, 0.15) is 11.7 Å². The predicted molar refractivity (Wildman–Crippen MR) is 81.7 cm³/mol. The SMILES string of the molecule is CCn1cc(Cl)cc1C(=O)N1C(C(=O)O)CSC1C1CC1. The summed E-state index contributed by atoms with van der Waals surface area (Å²) < 4.78 is 1.77. The summed E-state index contributed by atoms with van der Waals surface area (Å²) in [5.41, 5.74) is 0.474. The highest BCUT2D eigenvalue weighted by atomic mass is 35.5. The van der Waals surface area contributed by atoms with Crippen LogP contribution in [0.1, 0.15) is 30.3 Å². The first-order valence-corrected chi connectivity index (χ1v) is 8.48. The average molecular weight is 329 g/mol. The zero-order valence-corrected chi connectivity index (χ0v) is 13.2. The summed E-state index contributed by atoms with van der Waals surface area (Å²) in [6.07, 6.45) is 3.85. The van der Waals surface area contributed by atoms with Gasteiger partial charge in [0.05, 0.1) is 10.4 Å². The molecule has 1 aromatic rings. The molecule has 0 aromatic carbocycles. The number of rotatable bonds is 4. The van der Waals surface area contributed by atoms with Crippen molar-refractivity contribution in [3.63, 3.8) is 0 Å². The lowest BCUT2D eigenvalue weighted by atomic mass is 10.2. The van der Waals surface area contributed by atoms with E-state index in [0.29, 0.717) is 28.9 Å². The van der Waals surface area contributed by atoms with Crippen molar-refractivity contribution < 1.29 is 14.7 Å². The van der Waals surface area contributed by atoms with E-state index in [4.69, 9.17) is 11.6 Å². The second kappa shape index (κ2) is 5.57. The largest absolute Gasteiger partial charge is 0.480 e. The Hall–Kier alpha value is -1.14. The Morgan fingerprint density at radius 3 is 2.76 bits per heavy atom. The van der Waals surface area contributed by atoms with Crippen LogP contribution in [0, 0.1) is 5.92 Å². The Morgan fingerprint density at radius 2 is 2.19 bits per heavy atom. The Labute approximate surface area is 132 Å². The Bertz CT molecular complexity index is 585. The van der Waals surface area contributed by atoms with Crippen LogP contribution in [0.25, 0.3) is 0 Å². The van der Waals surface area contributed by atoms with E-state index in [0.717, 1.165) is 12.8 Å². The maximum atomic E-state index is 12.9. The molecule has 1 N–H and O–H groups in total. The van der Waals surface area contributed by atoms with Crippen molar-refractivity contribution in [3.8, 4) is 0 Å². The second-order valence-corrected chi connectivity index (χ2v) is 7.04. The number of carboxylic acids is 1. The first kappa shape index (κ1) is 14.8. The molecule has 7 heteroatoms. The van der Waals surface area contributed by atoms with Crippen LogP contribution in [0.15, 0.2) is 12.3 Å². The number of hydrogen-bond acceptors (Lipinski definition) is 3. The van der Waals surface area contributed by atoms with Gasteiger partial charge < -0.3 is 14.6 Å². The molecule has 2 unspecified atom stereocenters. The van der Waals surface area contributed by atoms with Gasteiger partial charge in [-0.05, 0) is 31.7 Å². The van der Waals surface area contributed by atoms with Crippen LogP contribution in [0.4, 0.5) is 0 Å². The van der Waals surface area contributed by atoms with Gasteiger partial charge in [-0.2, -0.15) is 0 Å². The van der Waals surface area contributed by atoms with Crippen LogP contribution in [0.2, 0.25) is 5.02 Å². The molecule has 1 aliphatic heterocycles. The minimum atomic E-state index is -0.931. The van der Waals surface area contributed by atoms with Crippen molar-refractivity contribution >= 4 is 35.2 Å². The maximum Gasteiger partial charge on any atom is 0.327 e. The van der Waals surface area contributed by atoms with Gasteiger partial charge in [0.2, 0.25) is 0 Å². The van der Waals surface area contributed by atoms with Crippen molar-refractivity contribution in [3.05, 3.63) is 23.0 Å². The Morgan fingerprint density at radius 1 is 1.48 bits per heavy atom. The third kappa shape index (κ3) is 2.66. The van der Waals surface area contributed by atoms with Crippen molar-refractivity contribution in [2.24, 2.45) is 5.92 Å². The molecule has 5 nitrogen and oxygen atoms in total. The van der Waals surface area contributed by atoms with Gasteiger partial charge in [0, 0.05) is 18.5 Å². The van der Waals surface area contributed by atoms with Gasteiger partial charge in [0.25, 0.3) is 5.91 Å². The minimum absolute atomic E-state index is 0.0161.